The molecular weight excluding hydrogens is 278 g/mol. The molecule has 3 rings (SSSR count). The van der Waals surface area contributed by atoms with Crippen LogP contribution in [0.4, 0.5) is 5.82 Å². The molecule has 0 amide bonds. The smallest absolute Gasteiger partial charge is 0.224 e. The van der Waals surface area contributed by atoms with Crippen molar-refractivity contribution in [3.63, 3.8) is 0 Å². The molecule has 6 nitrogen and oxygen atoms in total. The van der Waals surface area contributed by atoms with Gasteiger partial charge in [-0.05, 0) is 29.8 Å². The van der Waals surface area contributed by atoms with Crippen LogP contribution in [0.1, 0.15) is 5.69 Å². The molecule has 102 valence electrons. The molecule has 0 aliphatic heterocycles. The molecule has 3 aromatic heterocycles. The molecule has 0 radical (unpaired) electrons. The number of nitrogen functional groups attached to an aromatic ring is 1. The van der Waals surface area contributed by atoms with Gasteiger partial charge in [-0.3, -0.25) is 4.57 Å². The number of aromatic nitrogens is 4. The maximum absolute atomic E-state index is 9.20. The van der Waals surface area contributed by atoms with E-state index in [0.717, 1.165) is 11.1 Å². The summed E-state index contributed by atoms with van der Waals surface area (Å²) < 4.78 is 1.83. The van der Waals surface area contributed by atoms with Crippen LogP contribution in [-0.4, -0.2) is 31.2 Å². The van der Waals surface area contributed by atoms with Crippen LogP contribution < -0.4 is 5.73 Å². The monoisotopic (exact) mass is 289 g/mol. The van der Waals surface area contributed by atoms with Gasteiger partial charge >= 0.3 is 0 Å². The van der Waals surface area contributed by atoms with Crippen molar-refractivity contribution in [2.24, 2.45) is 0 Å². The van der Waals surface area contributed by atoms with Crippen molar-refractivity contribution in [3.8, 4) is 5.82 Å². The summed E-state index contributed by atoms with van der Waals surface area (Å²) in [5.41, 5.74) is 7.25. The van der Waals surface area contributed by atoms with Gasteiger partial charge in [-0.15, -0.1) is 0 Å². The van der Waals surface area contributed by atoms with Crippen LogP contribution in [0.3, 0.4) is 0 Å². The van der Waals surface area contributed by atoms with E-state index in [9.17, 15) is 5.11 Å². The van der Waals surface area contributed by atoms with Crippen LogP contribution in [0, 0.1) is 0 Å². The Morgan fingerprint density at radius 1 is 1.30 bits per heavy atom. The second kappa shape index (κ2) is 5.07. The molecule has 0 fully saturated rings. The third kappa shape index (κ3) is 2.19. The van der Waals surface area contributed by atoms with Gasteiger partial charge in [0.05, 0.1) is 0 Å². The number of anilines is 1. The summed E-state index contributed by atoms with van der Waals surface area (Å²) in [5, 5.41) is 10.2. The largest absolute Gasteiger partial charge is 0.396 e. The minimum atomic E-state index is 0.0276. The average molecular weight is 290 g/mol. The fraction of sp³-hybridized carbons (Fsp3) is 0.154. The molecule has 0 saturated carbocycles. The van der Waals surface area contributed by atoms with Crippen molar-refractivity contribution in [1.29, 1.82) is 0 Å². The van der Waals surface area contributed by atoms with Gasteiger partial charge in [0, 0.05) is 30.3 Å². The van der Waals surface area contributed by atoms with Crippen LogP contribution in [-0.2, 0) is 6.42 Å². The summed E-state index contributed by atoms with van der Waals surface area (Å²) in [6.07, 6.45) is 2.12. The molecule has 0 aliphatic carbocycles. The van der Waals surface area contributed by atoms with Gasteiger partial charge in [-0.25, -0.2) is 9.97 Å². The van der Waals surface area contributed by atoms with E-state index in [1.165, 1.54) is 0 Å². The minimum Gasteiger partial charge on any atom is -0.396 e. The van der Waals surface area contributed by atoms with Crippen molar-refractivity contribution < 1.29 is 5.11 Å². The molecule has 20 heavy (non-hydrogen) atoms. The zero-order chi connectivity index (χ0) is 14.1. The van der Waals surface area contributed by atoms with Crippen molar-refractivity contribution >= 4 is 28.5 Å². The Hall–Kier alpha value is -2.18. The zero-order valence-corrected chi connectivity index (χ0v) is 11.2. The minimum absolute atomic E-state index is 0.0276. The molecule has 0 aromatic carbocycles. The number of halogens is 1. The summed E-state index contributed by atoms with van der Waals surface area (Å²) in [5.74, 6) is 1.05. The van der Waals surface area contributed by atoms with E-state index in [2.05, 4.69) is 15.0 Å². The van der Waals surface area contributed by atoms with E-state index in [-0.39, 0.29) is 11.9 Å². The third-order valence-electron chi connectivity index (χ3n) is 2.94. The van der Waals surface area contributed by atoms with E-state index in [4.69, 9.17) is 17.3 Å². The summed E-state index contributed by atoms with van der Waals surface area (Å²) in [4.78, 5) is 12.5. The van der Waals surface area contributed by atoms with Crippen LogP contribution in [0.2, 0.25) is 5.28 Å². The quantitative estimate of drug-likeness (QED) is 0.715. The van der Waals surface area contributed by atoms with E-state index < -0.39 is 0 Å². The molecule has 0 aliphatic rings. The molecule has 0 saturated heterocycles. The summed E-state index contributed by atoms with van der Waals surface area (Å²) in [7, 11) is 0. The first kappa shape index (κ1) is 12.8. The lowest BCUT2D eigenvalue weighted by molar-refractivity contribution is 0.297. The van der Waals surface area contributed by atoms with Crippen molar-refractivity contribution in [2.75, 3.05) is 12.3 Å². The standard InChI is InChI=1S/C13H12ClN5O/c14-13-16-7-8-6-9(4-5-20)19(12(8)18-13)11-3-1-2-10(15)17-11/h1-3,6-7,20H,4-5H2,(H2,15,17). The van der Waals surface area contributed by atoms with Crippen molar-refractivity contribution in [2.45, 2.75) is 6.42 Å². The van der Waals surface area contributed by atoms with Crippen LogP contribution in [0.25, 0.3) is 16.9 Å². The lowest BCUT2D eigenvalue weighted by Crippen LogP contribution is -2.06. The second-order valence-corrected chi connectivity index (χ2v) is 4.62. The molecule has 3 N–H and O–H groups in total. The molecule has 3 heterocycles. The van der Waals surface area contributed by atoms with Crippen LogP contribution in [0.15, 0.2) is 30.5 Å². The van der Waals surface area contributed by atoms with Gasteiger partial charge in [-0.2, -0.15) is 4.98 Å². The number of nitrogens with two attached hydrogens (primary N) is 1. The van der Waals surface area contributed by atoms with Gasteiger partial charge in [-0.1, -0.05) is 6.07 Å². The Balaban J connectivity index is 2.30. The Bertz CT molecular complexity index is 771. The van der Waals surface area contributed by atoms with E-state index in [1.54, 1.807) is 12.3 Å². The van der Waals surface area contributed by atoms with E-state index in [0.29, 0.717) is 23.7 Å². The normalized spacial score (nSPS) is 11.1. The highest BCUT2D eigenvalue weighted by Crippen LogP contribution is 2.23. The van der Waals surface area contributed by atoms with Gasteiger partial charge in [0.15, 0.2) is 5.65 Å². The number of nitrogens with zero attached hydrogens (tertiary/aromatic N) is 4. The Morgan fingerprint density at radius 3 is 2.90 bits per heavy atom. The number of hydrogen-bond donors (Lipinski definition) is 2. The highest BCUT2D eigenvalue weighted by atomic mass is 35.5. The topological polar surface area (TPSA) is 89.8 Å². The summed E-state index contributed by atoms with van der Waals surface area (Å²) >= 11 is 5.87. The number of aliphatic hydroxyl groups excluding tert-OH is 1. The Labute approximate surface area is 119 Å². The number of hydrogen-bond acceptors (Lipinski definition) is 5. The number of rotatable bonds is 3. The first-order chi connectivity index (χ1) is 9.69. The summed E-state index contributed by atoms with van der Waals surface area (Å²) in [6.45, 7) is 0.0276. The predicted molar refractivity (Wildman–Crippen MR) is 76.9 cm³/mol. The summed E-state index contributed by atoms with van der Waals surface area (Å²) in [6, 6.07) is 7.26. The highest BCUT2D eigenvalue weighted by Gasteiger charge is 2.13. The van der Waals surface area contributed by atoms with Gasteiger partial charge < -0.3 is 10.8 Å². The Kier molecular flexibility index (Phi) is 3.25. The van der Waals surface area contributed by atoms with E-state index >= 15 is 0 Å². The van der Waals surface area contributed by atoms with Gasteiger partial charge in [0.25, 0.3) is 0 Å². The molecule has 0 unspecified atom stereocenters. The molecule has 0 atom stereocenters. The number of fused-ring (bicyclic) bond motifs is 1. The average Bonchev–Trinajstić information content (AvgIpc) is 2.76. The predicted octanol–water partition coefficient (Wildman–Crippen LogP) is 1.59. The highest BCUT2D eigenvalue weighted by molar-refractivity contribution is 6.28. The maximum Gasteiger partial charge on any atom is 0.224 e. The van der Waals surface area contributed by atoms with Crippen molar-refractivity contribution in [3.05, 3.63) is 41.4 Å². The first-order valence-electron chi connectivity index (χ1n) is 6.05. The first-order valence-corrected chi connectivity index (χ1v) is 6.43. The third-order valence-corrected chi connectivity index (χ3v) is 3.12. The van der Waals surface area contributed by atoms with Gasteiger partial charge in [0.2, 0.25) is 5.28 Å². The second-order valence-electron chi connectivity index (χ2n) is 4.28. The molecule has 0 bridgehead atoms. The molecule has 0 spiro atoms. The molecular formula is C13H12ClN5O. The van der Waals surface area contributed by atoms with E-state index in [1.807, 2.05) is 22.8 Å². The SMILES string of the molecule is Nc1cccc(-n2c(CCO)cc3cnc(Cl)nc32)n1. The molecule has 3 aromatic rings. The van der Waals surface area contributed by atoms with Gasteiger partial charge in [0.1, 0.15) is 11.6 Å². The maximum atomic E-state index is 9.20. The fourth-order valence-corrected chi connectivity index (χ4v) is 2.27. The fourth-order valence-electron chi connectivity index (χ4n) is 2.14. The number of pyridine rings is 1. The lowest BCUT2D eigenvalue weighted by Gasteiger charge is -2.09. The molecule has 7 heteroatoms. The van der Waals surface area contributed by atoms with Crippen molar-refractivity contribution in [1.82, 2.24) is 19.5 Å². The van der Waals surface area contributed by atoms with Crippen LogP contribution in [0.5, 0.6) is 0 Å². The van der Waals surface area contributed by atoms with Crippen LogP contribution >= 0.6 is 11.6 Å². The lowest BCUT2D eigenvalue weighted by atomic mass is 10.3. The number of aliphatic hydroxyl groups is 1. The zero-order valence-electron chi connectivity index (χ0n) is 10.5. The Morgan fingerprint density at radius 2 is 2.15 bits per heavy atom.